The van der Waals surface area contributed by atoms with Gasteiger partial charge in [0.25, 0.3) is 5.91 Å². The van der Waals surface area contributed by atoms with E-state index in [2.05, 4.69) is 10.3 Å². The van der Waals surface area contributed by atoms with Gasteiger partial charge in [-0.2, -0.15) is 0 Å². The third kappa shape index (κ3) is 4.43. The van der Waals surface area contributed by atoms with Gasteiger partial charge in [0.1, 0.15) is 5.82 Å². The van der Waals surface area contributed by atoms with Gasteiger partial charge in [0, 0.05) is 25.3 Å². The molecule has 0 aliphatic carbocycles. The maximum absolute atomic E-state index is 12.7. The Balaban J connectivity index is 2.01. The zero-order valence-electron chi connectivity index (χ0n) is 14.0. The Kier molecular flexibility index (Phi) is 5.96. The fourth-order valence-corrected chi connectivity index (χ4v) is 2.72. The first-order valence-corrected chi connectivity index (χ1v) is 8.20. The van der Waals surface area contributed by atoms with Crippen molar-refractivity contribution in [2.24, 2.45) is 5.92 Å². The third-order valence-corrected chi connectivity index (χ3v) is 3.87. The lowest BCUT2D eigenvalue weighted by Gasteiger charge is -2.31. The molecule has 0 spiro atoms. The molecule has 126 valence electrons. The van der Waals surface area contributed by atoms with E-state index in [1.165, 1.54) is 0 Å². The van der Waals surface area contributed by atoms with Crippen LogP contribution in [0.1, 0.15) is 44.0 Å². The minimum absolute atomic E-state index is 0.0384. The van der Waals surface area contributed by atoms with Gasteiger partial charge in [0.2, 0.25) is 0 Å². The van der Waals surface area contributed by atoms with Crippen LogP contribution in [0, 0.1) is 5.92 Å². The molecule has 1 amide bonds. The molecule has 1 aliphatic heterocycles. The lowest BCUT2D eigenvalue weighted by Crippen LogP contribution is -2.41. The van der Waals surface area contributed by atoms with Gasteiger partial charge in [-0.25, -0.2) is 4.98 Å². The Bertz CT molecular complexity index is 552. The summed E-state index contributed by atoms with van der Waals surface area (Å²) in [5, 5.41) is 3.20. The Morgan fingerprint density at radius 1 is 1.39 bits per heavy atom. The highest BCUT2D eigenvalue weighted by atomic mass is 16.5. The highest BCUT2D eigenvalue weighted by Gasteiger charge is 2.29. The topological polar surface area (TPSA) is 71.5 Å². The summed E-state index contributed by atoms with van der Waals surface area (Å²) in [5.74, 6) is 0.327. The number of carbonyl (C=O) groups excluding carboxylic acids is 2. The Hall–Kier alpha value is -2.11. The van der Waals surface area contributed by atoms with Crippen molar-refractivity contribution in [1.82, 2.24) is 9.88 Å². The van der Waals surface area contributed by atoms with E-state index < -0.39 is 0 Å². The number of likely N-dealkylation sites (tertiary alicyclic amines) is 1. The van der Waals surface area contributed by atoms with E-state index in [1.54, 1.807) is 23.2 Å². The van der Waals surface area contributed by atoms with Gasteiger partial charge < -0.3 is 15.0 Å². The number of carbonyl (C=O) groups is 2. The number of nitrogens with one attached hydrogen (secondary N) is 1. The van der Waals surface area contributed by atoms with Crippen LogP contribution in [-0.2, 0) is 9.53 Å². The molecule has 6 heteroatoms. The number of hydrogen-bond acceptors (Lipinski definition) is 5. The van der Waals surface area contributed by atoms with E-state index in [-0.39, 0.29) is 23.8 Å². The number of esters is 1. The van der Waals surface area contributed by atoms with Crippen molar-refractivity contribution in [2.75, 3.05) is 25.0 Å². The van der Waals surface area contributed by atoms with Crippen molar-refractivity contribution in [3.05, 3.63) is 23.9 Å². The summed E-state index contributed by atoms with van der Waals surface area (Å²) in [4.78, 5) is 30.6. The van der Waals surface area contributed by atoms with Crippen LogP contribution < -0.4 is 5.32 Å². The fraction of sp³-hybridized carbons (Fsp3) is 0.588. The summed E-state index contributed by atoms with van der Waals surface area (Å²) in [6.45, 7) is 7.36. The third-order valence-electron chi connectivity index (χ3n) is 3.87. The van der Waals surface area contributed by atoms with Gasteiger partial charge in [-0.3, -0.25) is 9.59 Å². The molecule has 23 heavy (non-hydrogen) atoms. The van der Waals surface area contributed by atoms with Crippen molar-refractivity contribution >= 4 is 17.7 Å². The Morgan fingerprint density at radius 3 is 2.70 bits per heavy atom. The molecule has 6 nitrogen and oxygen atoms in total. The molecule has 1 aromatic rings. The summed E-state index contributed by atoms with van der Waals surface area (Å²) in [7, 11) is 0. The van der Waals surface area contributed by atoms with E-state index in [4.69, 9.17) is 4.74 Å². The van der Waals surface area contributed by atoms with Crippen LogP contribution in [0.4, 0.5) is 5.82 Å². The molecule has 0 aromatic carbocycles. The molecule has 2 heterocycles. The number of aromatic nitrogens is 1. The van der Waals surface area contributed by atoms with Crippen molar-refractivity contribution < 1.29 is 14.3 Å². The van der Waals surface area contributed by atoms with Crippen LogP contribution in [-0.4, -0.2) is 47.5 Å². The van der Waals surface area contributed by atoms with Crippen molar-refractivity contribution in [2.45, 2.75) is 39.7 Å². The van der Waals surface area contributed by atoms with Crippen LogP contribution in [0.5, 0.6) is 0 Å². The molecule has 0 radical (unpaired) electrons. The zero-order valence-corrected chi connectivity index (χ0v) is 14.0. The molecular weight excluding hydrogens is 294 g/mol. The molecular formula is C17H25N3O3. The van der Waals surface area contributed by atoms with Gasteiger partial charge >= 0.3 is 5.97 Å². The number of piperidine rings is 1. The minimum Gasteiger partial charge on any atom is -0.466 e. The average molecular weight is 319 g/mol. The van der Waals surface area contributed by atoms with E-state index >= 15 is 0 Å². The maximum Gasteiger partial charge on any atom is 0.309 e. The van der Waals surface area contributed by atoms with Crippen LogP contribution >= 0.6 is 0 Å². The van der Waals surface area contributed by atoms with Crippen molar-refractivity contribution in [3.8, 4) is 0 Å². The number of amides is 1. The molecule has 0 unspecified atom stereocenters. The second-order valence-corrected chi connectivity index (χ2v) is 6.02. The van der Waals surface area contributed by atoms with E-state index in [9.17, 15) is 9.59 Å². The largest absolute Gasteiger partial charge is 0.466 e. The van der Waals surface area contributed by atoms with Gasteiger partial charge in [-0.1, -0.05) is 0 Å². The maximum atomic E-state index is 12.7. The standard InChI is InChI=1S/C17H25N3O3/c1-4-23-17(22)13-7-10-20(11-8-13)16(21)14-6-5-9-18-15(14)19-12(2)3/h5-6,9,12-13H,4,7-8,10-11H2,1-3H3,(H,18,19). The number of ether oxygens (including phenoxy) is 1. The van der Waals surface area contributed by atoms with Gasteiger partial charge in [0.05, 0.1) is 18.1 Å². The normalized spacial score (nSPS) is 15.6. The lowest BCUT2D eigenvalue weighted by molar-refractivity contribution is -0.149. The first-order valence-electron chi connectivity index (χ1n) is 8.20. The van der Waals surface area contributed by atoms with E-state index in [0.29, 0.717) is 43.9 Å². The predicted molar refractivity (Wildman–Crippen MR) is 88.3 cm³/mol. The second kappa shape index (κ2) is 7.94. The number of rotatable bonds is 5. The highest BCUT2D eigenvalue weighted by molar-refractivity contribution is 5.98. The van der Waals surface area contributed by atoms with Crippen molar-refractivity contribution in [1.29, 1.82) is 0 Å². The van der Waals surface area contributed by atoms with Crippen LogP contribution in [0.3, 0.4) is 0 Å². The molecule has 2 rings (SSSR count). The first-order chi connectivity index (χ1) is 11.0. The Morgan fingerprint density at radius 2 is 2.09 bits per heavy atom. The predicted octanol–water partition coefficient (Wildman–Crippen LogP) is 2.32. The van der Waals surface area contributed by atoms with Gasteiger partial charge in [0.15, 0.2) is 0 Å². The lowest BCUT2D eigenvalue weighted by atomic mass is 9.96. The number of hydrogen-bond donors (Lipinski definition) is 1. The van der Waals surface area contributed by atoms with Gasteiger partial charge in [-0.05, 0) is 45.7 Å². The van der Waals surface area contributed by atoms with Gasteiger partial charge in [-0.15, -0.1) is 0 Å². The monoisotopic (exact) mass is 319 g/mol. The first kappa shape index (κ1) is 17.2. The number of nitrogens with zero attached hydrogens (tertiary/aromatic N) is 2. The number of pyridine rings is 1. The molecule has 1 N–H and O–H groups in total. The smallest absolute Gasteiger partial charge is 0.309 e. The quantitative estimate of drug-likeness (QED) is 0.843. The summed E-state index contributed by atoms with van der Waals surface area (Å²) in [6, 6.07) is 3.76. The van der Waals surface area contributed by atoms with Crippen LogP contribution in [0.15, 0.2) is 18.3 Å². The summed E-state index contributed by atoms with van der Waals surface area (Å²) < 4.78 is 5.06. The highest BCUT2D eigenvalue weighted by Crippen LogP contribution is 2.22. The zero-order chi connectivity index (χ0) is 16.8. The summed E-state index contributed by atoms with van der Waals surface area (Å²) in [5.41, 5.74) is 0.579. The molecule has 0 atom stereocenters. The summed E-state index contributed by atoms with van der Waals surface area (Å²) >= 11 is 0. The van der Waals surface area contributed by atoms with Crippen LogP contribution in [0.25, 0.3) is 0 Å². The Labute approximate surface area is 137 Å². The molecule has 1 fully saturated rings. The minimum atomic E-state index is -0.150. The average Bonchev–Trinajstić information content (AvgIpc) is 2.54. The molecule has 0 saturated carbocycles. The van der Waals surface area contributed by atoms with Crippen LogP contribution in [0.2, 0.25) is 0 Å². The van der Waals surface area contributed by atoms with E-state index in [1.807, 2.05) is 20.8 Å². The van der Waals surface area contributed by atoms with E-state index in [0.717, 1.165) is 0 Å². The summed E-state index contributed by atoms with van der Waals surface area (Å²) in [6.07, 6.45) is 2.98. The molecule has 1 aromatic heterocycles. The second-order valence-electron chi connectivity index (χ2n) is 6.02. The van der Waals surface area contributed by atoms with Crippen molar-refractivity contribution in [3.63, 3.8) is 0 Å². The molecule has 1 saturated heterocycles. The SMILES string of the molecule is CCOC(=O)C1CCN(C(=O)c2cccnc2NC(C)C)CC1. The molecule has 1 aliphatic rings. The number of anilines is 1. The fourth-order valence-electron chi connectivity index (χ4n) is 2.72. The molecule has 0 bridgehead atoms.